The van der Waals surface area contributed by atoms with Crippen LogP contribution in [-0.4, -0.2) is 42.1 Å². The number of H-pyrrole nitrogens is 1. The topological polar surface area (TPSA) is 62.4 Å². The van der Waals surface area contributed by atoms with Gasteiger partial charge < -0.3 is 14.6 Å². The summed E-state index contributed by atoms with van der Waals surface area (Å²) < 4.78 is 19.2. The Hall–Kier alpha value is -2.21. The van der Waals surface area contributed by atoms with Crippen LogP contribution in [-0.2, 0) is 4.74 Å². The number of benzene rings is 1. The molecule has 1 aromatic heterocycles. The summed E-state index contributed by atoms with van der Waals surface area (Å²) in [5.41, 5.74) is 0.427. The largest absolute Gasteiger partial charge is 0.381 e. The lowest BCUT2D eigenvalue weighted by atomic mass is 9.79. The van der Waals surface area contributed by atoms with E-state index in [0.29, 0.717) is 30.6 Å². The summed E-state index contributed by atoms with van der Waals surface area (Å²) in [6.07, 6.45) is 2.94. The number of amides is 1. The van der Waals surface area contributed by atoms with Crippen molar-refractivity contribution in [3.8, 4) is 0 Å². The van der Waals surface area contributed by atoms with Gasteiger partial charge in [0, 0.05) is 42.1 Å². The highest BCUT2D eigenvalue weighted by Crippen LogP contribution is 2.38. The molecule has 126 valence electrons. The number of rotatable bonds is 1. The van der Waals surface area contributed by atoms with Crippen LogP contribution in [0.4, 0.5) is 4.39 Å². The Bertz CT molecular complexity index is 855. The van der Waals surface area contributed by atoms with Gasteiger partial charge in [-0.2, -0.15) is 0 Å². The number of carbonyl (C=O) groups is 1. The van der Waals surface area contributed by atoms with E-state index in [0.717, 1.165) is 25.9 Å². The number of likely N-dealkylation sites (tertiary alicyclic amines) is 1. The van der Waals surface area contributed by atoms with Crippen LogP contribution in [0.25, 0.3) is 10.9 Å². The van der Waals surface area contributed by atoms with Crippen LogP contribution in [0.15, 0.2) is 29.1 Å². The Morgan fingerprint density at radius 2 is 2.17 bits per heavy atom. The molecule has 1 unspecified atom stereocenters. The van der Waals surface area contributed by atoms with E-state index in [1.54, 1.807) is 4.90 Å². The van der Waals surface area contributed by atoms with Crippen LogP contribution in [0.5, 0.6) is 0 Å². The van der Waals surface area contributed by atoms with Gasteiger partial charge in [-0.25, -0.2) is 4.39 Å². The number of ether oxygens (including phenoxy) is 1. The van der Waals surface area contributed by atoms with Crippen molar-refractivity contribution in [1.29, 1.82) is 0 Å². The quantitative estimate of drug-likeness (QED) is 0.873. The summed E-state index contributed by atoms with van der Waals surface area (Å²) in [4.78, 5) is 29.4. The van der Waals surface area contributed by atoms with Gasteiger partial charge in [0.2, 0.25) is 5.56 Å². The van der Waals surface area contributed by atoms with Crippen molar-refractivity contribution in [2.24, 2.45) is 5.41 Å². The molecule has 1 atom stereocenters. The molecule has 6 heteroatoms. The number of aromatic amines is 1. The third kappa shape index (κ3) is 2.60. The minimum atomic E-state index is -0.428. The number of carbonyl (C=O) groups excluding carboxylic acids is 1. The minimum absolute atomic E-state index is 0.0379. The first-order valence-electron chi connectivity index (χ1n) is 8.26. The molecular formula is C18H19FN2O3. The molecule has 0 radical (unpaired) electrons. The summed E-state index contributed by atoms with van der Waals surface area (Å²) >= 11 is 0. The average Bonchev–Trinajstić information content (AvgIpc) is 3.01. The molecular weight excluding hydrogens is 311 g/mol. The van der Waals surface area contributed by atoms with Crippen LogP contribution in [0, 0.1) is 11.2 Å². The molecule has 0 saturated carbocycles. The van der Waals surface area contributed by atoms with Gasteiger partial charge >= 0.3 is 0 Å². The second kappa shape index (κ2) is 5.70. The predicted molar refractivity (Wildman–Crippen MR) is 87.5 cm³/mol. The zero-order chi connectivity index (χ0) is 16.7. The molecule has 24 heavy (non-hydrogen) atoms. The molecule has 1 spiro atoms. The lowest BCUT2D eigenvalue weighted by Gasteiger charge is -2.39. The summed E-state index contributed by atoms with van der Waals surface area (Å²) in [7, 11) is 0. The van der Waals surface area contributed by atoms with Crippen molar-refractivity contribution in [2.75, 3.05) is 26.3 Å². The van der Waals surface area contributed by atoms with Crippen LogP contribution in [0.2, 0.25) is 0 Å². The SMILES string of the molecule is O=C(c1cc(=O)[nH]c2ccc(F)cc12)N1CCCC2(CCOC2)C1. The Labute approximate surface area is 138 Å². The summed E-state index contributed by atoms with van der Waals surface area (Å²) in [6.45, 7) is 2.71. The normalized spacial score (nSPS) is 24.0. The molecule has 2 aliphatic rings. The highest BCUT2D eigenvalue weighted by Gasteiger charge is 2.40. The number of piperidine rings is 1. The van der Waals surface area contributed by atoms with E-state index in [1.807, 2.05) is 0 Å². The number of hydrogen-bond donors (Lipinski definition) is 1. The number of nitrogens with one attached hydrogen (secondary N) is 1. The smallest absolute Gasteiger partial charge is 0.254 e. The number of nitrogens with zero attached hydrogens (tertiary/aromatic N) is 1. The molecule has 1 N–H and O–H groups in total. The van der Waals surface area contributed by atoms with Gasteiger partial charge in [0.15, 0.2) is 0 Å². The average molecular weight is 330 g/mol. The fourth-order valence-electron chi connectivity index (χ4n) is 3.93. The van der Waals surface area contributed by atoms with Gasteiger partial charge in [-0.3, -0.25) is 9.59 Å². The maximum Gasteiger partial charge on any atom is 0.254 e. The first-order chi connectivity index (χ1) is 11.6. The van der Waals surface area contributed by atoms with E-state index in [2.05, 4.69) is 4.98 Å². The van der Waals surface area contributed by atoms with Gasteiger partial charge in [0.1, 0.15) is 5.82 Å². The van der Waals surface area contributed by atoms with Crippen molar-refractivity contribution in [3.05, 3.63) is 46.0 Å². The molecule has 2 aliphatic heterocycles. The molecule has 1 aromatic carbocycles. The Balaban J connectivity index is 1.72. The van der Waals surface area contributed by atoms with Crippen molar-refractivity contribution < 1.29 is 13.9 Å². The molecule has 3 heterocycles. The third-order valence-corrected chi connectivity index (χ3v) is 5.17. The fraction of sp³-hybridized carbons (Fsp3) is 0.444. The van der Waals surface area contributed by atoms with Crippen molar-refractivity contribution >= 4 is 16.8 Å². The first-order valence-corrected chi connectivity index (χ1v) is 8.26. The lowest BCUT2D eigenvalue weighted by Crippen LogP contribution is -2.46. The summed E-state index contributed by atoms with van der Waals surface area (Å²) in [5, 5.41) is 0.446. The van der Waals surface area contributed by atoms with Gasteiger partial charge in [-0.15, -0.1) is 0 Å². The zero-order valence-corrected chi connectivity index (χ0v) is 13.3. The fourth-order valence-corrected chi connectivity index (χ4v) is 3.93. The second-order valence-electron chi connectivity index (χ2n) is 6.87. The van der Waals surface area contributed by atoms with Crippen molar-refractivity contribution in [1.82, 2.24) is 9.88 Å². The first kappa shape index (κ1) is 15.3. The second-order valence-corrected chi connectivity index (χ2v) is 6.87. The maximum atomic E-state index is 13.6. The van der Waals surface area contributed by atoms with E-state index < -0.39 is 5.82 Å². The Kier molecular flexibility index (Phi) is 3.64. The lowest BCUT2D eigenvalue weighted by molar-refractivity contribution is 0.0464. The summed E-state index contributed by atoms with van der Waals surface area (Å²) in [5.74, 6) is -0.634. The van der Waals surface area contributed by atoms with E-state index in [4.69, 9.17) is 4.74 Å². The predicted octanol–water partition coefficient (Wildman–Crippen LogP) is 2.31. The molecule has 0 bridgehead atoms. The van der Waals surface area contributed by atoms with Crippen LogP contribution in [0.1, 0.15) is 29.6 Å². The van der Waals surface area contributed by atoms with E-state index in [1.165, 1.54) is 24.3 Å². The highest BCUT2D eigenvalue weighted by atomic mass is 19.1. The number of hydrogen-bond acceptors (Lipinski definition) is 3. The monoisotopic (exact) mass is 330 g/mol. The molecule has 2 aromatic rings. The maximum absolute atomic E-state index is 13.6. The van der Waals surface area contributed by atoms with E-state index in [9.17, 15) is 14.0 Å². The highest BCUT2D eigenvalue weighted by molar-refractivity contribution is 6.06. The van der Waals surface area contributed by atoms with Crippen molar-refractivity contribution in [3.63, 3.8) is 0 Å². The van der Waals surface area contributed by atoms with Gasteiger partial charge in [-0.1, -0.05) is 0 Å². The standard InChI is InChI=1S/C18H19FN2O3/c19-12-2-3-15-13(8-12)14(9-16(22)20-15)17(23)21-6-1-4-18(10-21)5-7-24-11-18/h2-3,8-9H,1,4-7,10-11H2,(H,20,22). The van der Waals surface area contributed by atoms with Crippen molar-refractivity contribution in [2.45, 2.75) is 19.3 Å². The third-order valence-electron chi connectivity index (χ3n) is 5.17. The molecule has 4 rings (SSSR count). The Morgan fingerprint density at radius 3 is 2.96 bits per heavy atom. The Morgan fingerprint density at radius 1 is 1.29 bits per heavy atom. The van der Waals surface area contributed by atoms with Gasteiger partial charge in [-0.05, 0) is 37.5 Å². The molecule has 2 fully saturated rings. The zero-order valence-electron chi connectivity index (χ0n) is 13.3. The summed E-state index contributed by atoms with van der Waals surface area (Å²) in [6, 6.07) is 5.34. The number of aromatic nitrogens is 1. The van der Waals surface area contributed by atoms with E-state index in [-0.39, 0.29) is 22.4 Å². The minimum Gasteiger partial charge on any atom is -0.381 e. The van der Waals surface area contributed by atoms with Crippen LogP contribution in [0.3, 0.4) is 0 Å². The van der Waals surface area contributed by atoms with E-state index >= 15 is 0 Å². The van der Waals surface area contributed by atoms with Crippen LogP contribution >= 0.6 is 0 Å². The van der Waals surface area contributed by atoms with Crippen LogP contribution < -0.4 is 5.56 Å². The number of fused-ring (bicyclic) bond motifs is 1. The molecule has 5 nitrogen and oxygen atoms in total. The number of halogens is 1. The molecule has 2 saturated heterocycles. The van der Waals surface area contributed by atoms with Gasteiger partial charge in [0.25, 0.3) is 5.91 Å². The molecule has 0 aliphatic carbocycles. The molecule has 1 amide bonds. The number of pyridine rings is 1. The van der Waals surface area contributed by atoms with Gasteiger partial charge in [0.05, 0.1) is 12.2 Å².